The van der Waals surface area contributed by atoms with Gasteiger partial charge in [-0.1, -0.05) is 19.1 Å². The lowest BCUT2D eigenvalue weighted by Crippen LogP contribution is -2.31. The van der Waals surface area contributed by atoms with Crippen LogP contribution in [-0.2, 0) is 9.59 Å². The number of nitrogens with zero attached hydrogens (tertiary/aromatic N) is 1. The molecular weight excluding hydrogens is 389 g/mol. The molecule has 1 saturated heterocycles. The highest BCUT2D eigenvalue weighted by molar-refractivity contribution is 6.46. The van der Waals surface area contributed by atoms with E-state index in [0.717, 1.165) is 6.42 Å². The summed E-state index contributed by atoms with van der Waals surface area (Å²) in [6.07, 6.45) is 1.13. The SMILES string of the molecule is CCCOc1ccc(C(O)=C2C(=O)C(=O)N(CCCO)[C@H]2c2ccc(F)cc2)cc1. The molecule has 158 valence electrons. The molecule has 2 aromatic rings. The van der Waals surface area contributed by atoms with Gasteiger partial charge < -0.3 is 19.8 Å². The van der Waals surface area contributed by atoms with Crippen LogP contribution in [0.2, 0.25) is 0 Å². The van der Waals surface area contributed by atoms with Crippen molar-refractivity contribution in [2.75, 3.05) is 19.8 Å². The Morgan fingerprint density at radius 1 is 1.10 bits per heavy atom. The van der Waals surface area contributed by atoms with Gasteiger partial charge in [-0.2, -0.15) is 0 Å². The van der Waals surface area contributed by atoms with E-state index in [1.165, 1.54) is 29.2 Å². The molecule has 1 amide bonds. The minimum Gasteiger partial charge on any atom is -0.507 e. The van der Waals surface area contributed by atoms with Crippen LogP contribution >= 0.6 is 0 Å². The van der Waals surface area contributed by atoms with Crippen LogP contribution in [0.4, 0.5) is 4.39 Å². The molecule has 0 unspecified atom stereocenters. The van der Waals surface area contributed by atoms with Gasteiger partial charge in [0.25, 0.3) is 11.7 Å². The fraction of sp³-hybridized carbons (Fsp3) is 0.304. The molecule has 2 N–H and O–H groups in total. The lowest BCUT2D eigenvalue weighted by Gasteiger charge is -2.25. The number of hydrogen-bond acceptors (Lipinski definition) is 5. The van der Waals surface area contributed by atoms with Crippen LogP contribution in [-0.4, -0.2) is 46.6 Å². The molecule has 3 rings (SSSR count). The summed E-state index contributed by atoms with van der Waals surface area (Å²) in [4.78, 5) is 26.7. The summed E-state index contributed by atoms with van der Waals surface area (Å²) >= 11 is 0. The van der Waals surface area contributed by atoms with E-state index in [1.54, 1.807) is 24.3 Å². The third-order valence-corrected chi connectivity index (χ3v) is 4.88. The van der Waals surface area contributed by atoms with Crippen LogP contribution in [0, 0.1) is 5.82 Å². The van der Waals surface area contributed by atoms with Crippen molar-refractivity contribution in [3.63, 3.8) is 0 Å². The molecule has 0 saturated carbocycles. The highest BCUT2D eigenvalue weighted by Crippen LogP contribution is 2.39. The Hall–Kier alpha value is -3.19. The molecule has 30 heavy (non-hydrogen) atoms. The second-order valence-corrected chi connectivity index (χ2v) is 6.99. The maximum atomic E-state index is 13.4. The third-order valence-electron chi connectivity index (χ3n) is 4.88. The van der Waals surface area contributed by atoms with E-state index in [1.807, 2.05) is 6.92 Å². The Balaban J connectivity index is 2.04. The van der Waals surface area contributed by atoms with Gasteiger partial charge in [-0.15, -0.1) is 0 Å². The number of ether oxygens (including phenoxy) is 1. The lowest BCUT2D eigenvalue weighted by molar-refractivity contribution is -0.140. The second-order valence-electron chi connectivity index (χ2n) is 6.99. The topological polar surface area (TPSA) is 87.1 Å². The molecule has 7 heteroatoms. The molecule has 2 aromatic carbocycles. The van der Waals surface area contributed by atoms with Crippen molar-refractivity contribution in [2.45, 2.75) is 25.8 Å². The minimum absolute atomic E-state index is 0.0632. The fourth-order valence-corrected chi connectivity index (χ4v) is 3.43. The van der Waals surface area contributed by atoms with Crippen molar-refractivity contribution in [2.24, 2.45) is 0 Å². The number of rotatable bonds is 8. The van der Waals surface area contributed by atoms with Crippen LogP contribution in [0.15, 0.2) is 54.1 Å². The average Bonchev–Trinajstić information content (AvgIpc) is 3.01. The first-order valence-electron chi connectivity index (χ1n) is 9.86. The molecule has 6 nitrogen and oxygen atoms in total. The molecular formula is C23H24FNO5. The average molecular weight is 413 g/mol. The predicted molar refractivity (Wildman–Crippen MR) is 109 cm³/mol. The number of ketones is 1. The van der Waals surface area contributed by atoms with E-state index in [2.05, 4.69) is 0 Å². The maximum Gasteiger partial charge on any atom is 0.295 e. The van der Waals surface area contributed by atoms with Gasteiger partial charge in [-0.25, -0.2) is 4.39 Å². The Morgan fingerprint density at radius 2 is 1.77 bits per heavy atom. The number of likely N-dealkylation sites (tertiary alicyclic amines) is 1. The molecule has 1 fully saturated rings. The van der Waals surface area contributed by atoms with Gasteiger partial charge in [-0.05, 0) is 54.8 Å². The number of aliphatic hydroxyl groups is 2. The summed E-state index contributed by atoms with van der Waals surface area (Å²) in [5, 5.41) is 20.1. The molecule has 1 aliphatic rings. The minimum atomic E-state index is -0.867. The molecule has 0 spiro atoms. The van der Waals surface area contributed by atoms with E-state index >= 15 is 0 Å². The quantitative estimate of drug-likeness (QED) is 0.393. The first-order chi connectivity index (χ1) is 14.5. The summed E-state index contributed by atoms with van der Waals surface area (Å²) in [7, 11) is 0. The van der Waals surface area contributed by atoms with E-state index in [0.29, 0.717) is 23.5 Å². The Bertz CT molecular complexity index is 937. The van der Waals surface area contributed by atoms with Crippen molar-refractivity contribution >= 4 is 17.4 Å². The molecule has 0 bridgehead atoms. The zero-order valence-electron chi connectivity index (χ0n) is 16.7. The van der Waals surface area contributed by atoms with Gasteiger partial charge in [0.05, 0.1) is 18.2 Å². The summed E-state index contributed by atoms with van der Waals surface area (Å²) in [5.74, 6) is -1.70. The molecule has 1 atom stereocenters. The van der Waals surface area contributed by atoms with Crippen molar-refractivity contribution in [1.29, 1.82) is 0 Å². The van der Waals surface area contributed by atoms with E-state index in [4.69, 9.17) is 9.84 Å². The van der Waals surface area contributed by atoms with E-state index in [9.17, 15) is 19.1 Å². The number of hydrogen-bond donors (Lipinski definition) is 2. The van der Waals surface area contributed by atoms with E-state index < -0.39 is 23.5 Å². The highest BCUT2D eigenvalue weighted by Gasteiger charge is 2.45. The van der Waals surface area contributed by atoms with Crippen LogP contribution in [0.5, 0.6) is 5.75 Å². The number of benzene rings is 2. The Kier molecular flexibility index (Phi) is 6.84. The third kappa shape index (κ3) is 4.36. The highest BCUT2D eigenvalue weighted by atomic mass is 19.1. The van der Waals surface area contributed by atoms with Crippen molar-refractivity contribution < 1.29 is 28.9 Å². The Morgan fingerprint density at radius 3 is 2.37 bits per heavy atom. The largest absolute Gasteiger partial charge is 0.507 e. The molecule has 1 heterocycles. The van der Waals surface area contributed by atoms with E-state index in [-0.39, 0.29) is 30.9 Å². The van der Waals surface area contributed by atoms with Gasteiger partial charge in [0.2, 0.25) is 0 Å². The van der Waals surface area contributed by atoms with Gasteiger partial charge in [0, 0.05) is 18.7 Å². The number of carbonyl (C=O) groups is 2. The zero-order valence-corrected chi connectivity index (χ0v) is 16.7. The first kappa shape index (κ1) is 21.5. The number of halogens is 1. The normalized spacial score (nSPS) is 18.1. The number of aliphatic hydroxyl groups excluding tert-OH is 2. The van der Waals surface area contributed by atoms with Gasteiger partial charge in [0.1, 0.15) is 17.3 Å². The van der Waals surface area contributed by atoms with Crippen LogP contribution < -0.4 is 4.74 Å². The molecule has 0 radical (unpaired) electrons. The summed E-state index contributed by atoms with van der Waals surface area (Å²) in [6.45, 7) is 2.53. The number of amides is 1. The fourth-order valence-electron chi connectivity index (χ4n) is 3.43. The smallest absolute Gasteiger partial charge is 0.295 e. The van der Waals surface area contributed by atoms with Crippen molar-refractivity contribution in [3.05, 3.63) is 71.0 Å². The van der Waals surface area contributed by atoms with Gasteiger partial charge in [0.15, 0.2) is 0 Å². The van der Waals surface area contributed by atoms with Crippen molar-refractivity contribution in [3.8, 4) is 5.75 Å². The zero-order chi connectivity index (χ0) is 21.7. The van der Waals surface area contributed by atoms with Gasteiger partial charge >= 0.3 is 0 Å². The number of Topliss-reactive ketones (excluding diaryl/α,β-unsaturated/α-hetero) is 1. The summed E-state index contributed by atoms with van der Waals surface area (Å²) < 4.78 is 19.0. The predicted octanol–water partition coefficient (Wildman–Crippen LogP) is 3.42. The molecule has 1 aliphatic heterocycles. The lowest BCUT2D eigenvalue weighted by atomic mass is 9.95. The second kappa shape index (κ2) is 9.54. The Labute approximate surface area is 174 Å². The van der Waals surface area contributed by atoms with Crippen molar-refractivity contribution in [1.82, 2.24) is 4.90 Å². The molecule has 0 aromatic heterocycles. The van der Waals surface area contributed by atoms with Crippen LogP contribution in [0.25, 0.3) is 5.76 Å². The summed E-state index contributed by atoms with van der Waals surface area (Å²) in [6, 6.07) is 11.2. The first-order valence-corrected chi connectivity index (χ1v) is 9.86. The number of carbonyl (C=O) groups excluding carboxylic acids is 2. The van der Waals surface area contributed by atoms with Gasteiger partial charge in [-0.3, -0.25) is 9.59 Å². The standard InChI is InChI=1S/C23H24FNO5/c1-2-14-30-18-10-6-16(7-11-18)21(27)19-20(15-4-8-17(24)9-5-15)25(12-3-13-26)23(29)22(19)28/h4-11,20,26-27H,2-3,12-14H2,1H3/t20-/m0/s1. The van der Waals surface area contributed by atoms with Crippen LogP contribution in [0.1, 0.15) is 36.9 Å². The maximum absolute atomic E-state index is 13.4. The summed E-state index contributed by atoms with van der Waals surface area (Å²) in [5.41, 5.74) is 0.802. The molecule has 0 aliphatic carbocycles. The monoisotopic (exact) mass is 413 g/mol. The van der Waals surface area contributed by atoms with Crippen LogP contribution in [0.3, 0.4) is 0 Å².